The van der Waals surface area contributed by atoms with Crippen molar-refractivity contribution in [3.05, 3.63) is 80.9 Å². The van der Waals surface area contributed by atoms with Crippen LogP contribution in [0.5, 0.6) is 0 Å². The monoisotopic (exact) mass is 443 g/mol. The van der Waals surface area contributed by atoms with Crippen LogP contribution in [0.1, 0.15) is 18.2 Å². The lowest BCUT2D eigenvalue weighted by molar-refractivity contribution is -0.113. The van der Waals surface area contributed by atoms with Crippen molar-refractivity contribution < 1.29 is 14.0 Å². The van der Waals surface area contributed by atoms with Crippen molar-refractivity contribution in [3.63, 3.8) is 0 Å². The number of thioether (sulfide) groups is 1. The molecule has 1 saturated heterocycles. The topological polar surface area (TPSA) is 50.5 Å². The van der Waals surface area contributed by atoms with Gasteiger partial charge in [-0.3, -0.25) is 9.59 Å². The van der Waals surface area contributed by atoms with Crippen LogP contribution in [0.3, 0.4) is 0 Å². The maximum atomic E-state index is 12.8. The molecule has 0 aliphatic carbocycles. The van der Waals surface area contributed by atoms with Gasteiger partial charge in [-0.05, 0) is 66.2 Å². The number of amides is 2. The second kappa shape index (κ2) is 8.11. The number of anilines is 1. The Morgan fingerprint density at radius 2 is 1.76 bits per heavy atom. The van der Waals surface area contributed by atoms with Crippen LogP contribution >= 0.6 is 35.0 Å². The van der Waals surface area contributed by atoms with Gasteiger partial charge < -0.3 is 4.42 Å². The number of carbonyl (C=O) groups excluding carboxylic acids is 2. The molecule has 0 spiro atoms. The summed E-state index contributed by atoms with van der Waals surface area (Å²) >= 11 is 12.9. The summed E-state index contributed by atoms with van der Waals surface area (Å²) in [7, 11) is 0. The Balaban J connectivity index is 1.58. The van der Waals surface area contributed by atoms with Gasteiger partial charge >= 0.3 is 0 Å². The van der Waals surface area contributed by atoms with Crippen molar-refractivity contribution in [2.24, 2.45) is 0 Å². The average molecular weight is 444 g/mol. The number of imide groups is 1. The molecule has 29 heavy (non-hydrogen) atoms. The fraction of sp³-hybridized carbons (Fsp3) is 0.0909. The number of benzene rings is 2. The lowest BCUT2D eigenvalue weighted by Gasteiger charge is -2.12. The van der Waals surface area contributed by atoms with E-state index in [9.17, 15) is 9.59 Å². The summed E-state index contributed by atoms with van der Waals surface area (Å²) in [6.07, 6.45) is 2.47. The lowest BCUT2D eigenvalue weighted by Crippen LogP contribution is -2.27. The molecule has 146 valence electrons. The maximum Gasteiger partial charge on any atom is 0.298 e. The number of hydrogen-bond donors (Lipinski definition) is 0. The molecule has 1 fully saturated rings. The molecular formula is C22H15Cl2NO3S. The van der Waals surface area contributed by atoms with Gasteiger partial charge in [-0.15, -0.1) is 0 Å². The summed E-state index contributed by atoms with van der Waals surface area (Å²) in [4.78, 5) is 26.7. The van der Waals surface area contributed by atoms with Crippen LogP contribution in [0.4, 0.5) is 10.5 Å². The molecule has 1 aliphatic rings. The molecule has 0 saturated carbocycles. The summed E-state index contributed by atoms with van der Waals surface area (Å²) in [6, 6.07) is 16.1. The van der Waals surface area contributed by atoms with Crippen LogP contribution < -0.4 is 4.90 Å². The van der Waals surface area contributed by atoms with Crippen molar-refractivity contribution in [3.8, 4) is 11.3 Å². The number of rotatable bonds is 4. The first-order valence-corrected chi connectivity index (χ1v) is 10.5. The summed E-state index contributed by atoms with van der Waals surface area (Å²) in [5.41, 5.74) is 2.47. The first-order valence-electron chi connectivity index (χ1n) is 8.88. The molecule has 2 heterocycles. The zero-order valence-corrected chi connectivity index (χ0v) is 17.6. The highest BCUT2D eigenvalue weighted by molar-refractivity contribution is 8.19. The molecule has 0 atom stereocenters. The molecule has 7 heteroatoms. The first kappa shape index (κ1) is 19.8. The van der Waals surface area contributed by atoms with Gasteiger partial charge in [0.2, 0.25) is 0 Å². The van der Waals surface area contributed by atoms with E-state index in [2.05, 4.69) is 0 Å². The third kappa shape index (κ3) is 3.99. The van der Waals surface area contributed by atoms with E-state index in [0.717, 1.165) is 29.3 Å². The summed E-state index contributed by atoms with van der Waals surface area (Å²) in [5.74, 6) is 0.693. The third-order valence-electron chi connectivity index (χ3n) is 4.50. The van der Waals surface area contributed by atoms with Gasteiger partial charge in [-0.2, -0.15) is 0 Å². The molecule has 4 nitrogen and oxygen atoms in total. The lowest BCUT2D eigenvalue weighted by atomic mass is 10.1. The SMILES string of the molecule is CCc1ccc(N2C(=O)S/C(=C/c3ccc(-c4ccc(Cl)c(Cl)c4)o3)C2=O)cc1. The molecule has 0 N–H and O–H groups in total. The van der Waals surface area contributed by atoms with Crippen LogP contribution in [-0.4, -0.2) is 11.1 Å². The van der Waals surface area contributed by atoms with Gasteiger partial charge in [0, 0.05) is 11.6 Å². The Morgan fingerprint density at radius 3 is 2.45 bits per heavy atom. The quantitative estimate of drug-likeness (QED) is 0.405. The fourth-order valence-electron chi connectivity index (χ4n) is 2.94. The minimum Gasteiger partial charge on any atom is -0.457 e. The average Bonchev–Trinajstić information content (AvgIpc) is 3.29. The van der Waals surface area contributed by atoms with Gasteiger partial charge in [-0.1, -0.05) is 42.3 Å². The van der Waals surface area contributed by atoms with Crippen molar-refractivity contribution >= 4 is 57.9 Å². The number of halogens is 2. The van der Waals surface area contributed by atoms with Gasteiger partial charge in [0.15, 0.2) is 0 Å². The molecule has 1 aliphatic heterocycles. The number of carbonyl (C=O) groups is 2. The zero-order valence-electron chi connectivity index (χ0n) is 15.3. The summed E-state index contributed by atoms with van der Waals surface area (Å²) in [6.45, 7) is 2.05. The Hall–Kier alpha value is -2.47. The molecule has 2 amide bonds. The second-order valence-corrected chi connectivity index (χ2v) is 8.18. The van der Waals surface area contributed by atoms with E-state index in [4.69, 9.17) is 27.6 Å². The fourth-order valence-corrected chi connectivity index (χ4v) is 4.05. The second-order valence-electron chi connectivity index (χ2n) is 6.37. The van der Waals surface area contributed by atoms with E-state index in [1.165, 1.54) is 4.90 Å². The minimum absolute atomic E-state index is 0.310. The number of nitrogens with zero attached hydrogens (tertiary/aromatic N) is 1. The van der Waals surface area contributed by atoms with Crippen LogP contribution in [0.2, 0.25) is 10.0 Å². The predicted octanol–water partition coefficient (Wildman–Crippen LogP) is 7.06. The Bertz CT molecular complexity index is 1140. The summed E-state index contributed by atoms with van der Waals surface area (Å²) in [5, 5.41) is 0.557. The number of aryl methyl sites for hydroxylation is 1. The smallest absolute Gasteiger partial charge is 0.298 e. The third-order valence-corrected chi connectivity index (χ3v) is 6.11. The van der Waals surface area contributed by atoms with Crippen LogP contribution in [-0.2, 0) is 11.2 Å². The van der Waals surface area contributed by atoms with E-state index in [0.29, 0.717) is 32.2 Å². The highest BCUT2D eigenvalue weighted by atomic mass is 35.5. The molecular weight excluding hydrogens is 429 g/mol. The van der Waals surface area contributed by atoms with E-state index in [1.54, 1.807) is 48.5 Å². The Morgan fingerprint density at radius 1 is 1.00 bits per heavy atom. The molecule has 3 aromatic rings. The highest BCUT2D eigenvalue weighted by Crippen LogP contribution is 2.37. The van der Waals surface area contributed by atoms with Gasteiger partial charge in [-0.25, -0.2) is 4.90 Å². The molecule has 0 bridgehead atoms. The Kier molecular flexibility index (Phi) is 5.54. The number of furan rings is 1. The van der Waals surface area contributed by atoms with E-state index >= 15 is 0 Å². The van der Waals surface area contributed by atoms with Gasteiger partial charge in [0.05, 0.1) is 20.6 Å². The normalized spacial score (nSPS) is 15.6. The van der Waals surface area contributed by atoms with Crippen molar-refractivity contribution in [2.45, 2.75) is 13.3 Å². The van der Waals surface area contributed by atoms with Crippen molar-refractivity contribution in [1.29, 1.82) is 0 Å². The molecule has 4 rings (SSSR count). The zero-order chi connectivity index (χ0) is 20.5. The van der Waals surface area contributed by atoms with Crippen molar-refractivity contribution in [2.75, 3.05) is 4.90 Å². The standard InChI is InChI=1S/C22H15Cl2NO3S/c1-2-13-3-6-15(7-4-13)25-21(26)20(29-22(25)27)12-16-8-10-19(28-16)14-5-9-17(23)18(24)11-14/h3-12H,2H2,1H3/b20-12+. The summed E-state index contributed by atoms with van der Waals surface area (Å²) < 4.78 is 5.81. The predicted molar refractivity (Wildman–Crippen MR) is 118 cm³/mol. The number of hydrogen-bond acceptors (Lipinski definition) is 4. The van der Waals surface area contributed by atoms with Gasteiger partial charge in [0.1, 0.15) is 11.5 Å². The van der Waals surface area contributed by atoms with E-state index < -0.39 is 0 Å². The maximum absolute atomic E-state index is 12.8. The highest BCUT2D eigenvalue weighted by Gasteiger charge is 2.36. The first-order chi connectivity index (χ1) is 14.0. The van der Waals surface area contributed by atoms with Crippen LogP contribution in [0, 0.1) is 0 Å². The van der Waals surface area contributed by atoms with Gasteiger partial charge in [0.25, 0.3) is 11.1 Å². The largest absolute Gasteiger partial charge is 0.457 e. The Labute approximate surface area is 182 Å². The minimum atomic E-state index is -0.364. The van der Waals surface area contributed by atoms with Crippen molar-refractivity contribution in [1.82, 2.24) is 0 Å². The molecule has 1 aromatic heterocycles. The van der Waals surface area contributed by atoms with E-state index in [1.807, 2.05) is 19.1 Å². The van der Waals surface area contributed by atoms with Crippen LogP contribution in [0.25, 0.3) is 17.4 Å². The molecule has 0 radical (unpaired) electrons. The molecule has 0 unspecified atom stereocenters. The molecule has 2 aromatic carbocycles. The van der Waals surface area contributed by atoms with Crippen LogP contribution in [0.15, 0.2) is 63.9 Å². The van der Waals surface area contributed by atoms with E-state index in [-0.39, 0.29) is 11.1 Å².